The second-order valence-corrected chi connectivity index (χ2v) is 5.66. The van der Waals surface area contributed by atoms with Crippen LogP contribution in [0.5, 0.6) is 5.75 Å². The first kappa shape index (κ1) is 17.8. The van der Waals surface area contributed by atoms with Gasteiger partial charge in [0.2, 0.25) is 0 Å². The minimum Gasteiger partial charge on any atom is -0.497 e. The number of methoxy groups -OCH3 is 1. The summed E-state index contributed by atoms with van der Waals surface area (Å²) in [6, 6.07) is 13.2. The van der Waals surface area contributed by atoms with Gasteiger partial charge in [0.25, 0.3) is 0 Å². The maximum Gasteiger partial charge on any atom is 0.191 e. The summed E-state index contributed by atoms with van der Waals surface area (Å²) in [5, 5.41) is 9.14. The molecule has 0 spiro atoms. The predicted molar refractivity (Wildman–Crippen MR) is 107 cm³/mol. The molecule has 1 aliphatic carbocycles. The Balaban J connectivity index is 0.00000192. The molecule has 2 N–H and O–H groups in total. The Kier molecular flexibility index (Phi) is 6.50. The molecule has 124 valence electrons. The molecule has 0 heterocycles. The number of halogens is 1. The Labute approximate surface area is 154 Å². The zero-order chi connectivity index (χ0) is 15.4. The lowest BCUT2D eigenvalue weighted by Crippen LogP contribution is -2.38. The molecule has 0 radical (unpaired) electrons. The lowest BCUT2D eigenvalue weighted by molar-refractivity contribution is 0.415. The molecule has 2 aromatic rings. The number of ether oxygens (including phenoxy) is 1. The molecule has 0 unspecified atom stereocenters. The van der Waals surface area contributed by atoms with Gasteiger partial charge in [0, 0.05) is 12.6 Å². The predicted octanol–water partition coefficient (Wildman–Crippen LogP) is 3.68. The lowest BCUT2D eigenvalue weighted by atomic mass is 10.1. The number of aliphatic imine (C=N–C) groups is 1. The first-order chi connectivity index (χ1) is 10.8. The van der Waals surface area contributed by atoms with Crippen LogP contribution in [0.2, 0.25) is 0 Å². The molecular weight excluding hydrogens is 401 g/mol. The molecule has 1 fully saturated rings. The molecule has 0 amide bonds. The molecule has 3 rings (SSSR count). The molecule has 5 heteroatoms. The van der Waals surface area contributed by atoms with E-state index in [0.717, 1.165) is 18.3 Å². The van der Waals surface area contributed by atoms with E-state index in [-0.39, 0.29) is 24.0 Å². The van der Waals surface area contributed by atoms with Crippen LogP contribution < -0.4 is 15.4 Å². The smallest absolute Gasteiger partial charge is 0.191 e. The maximum atomic E-state index is 5.26. The minimum absolute atomic E-state index is 0. The van der Waals surface area contributed by atoms with Crippen molar-refractivity contribution in [2.24, 2.45) is 4.99 Å². The van der Waals surface area contributed by atoms with E-state index in [1.807, 2.05) is 6.07 Å². The molecule has 1 aliphatic rings. The Hall–Kier alpha value is -1.50. The number of benzene rings is 2. The Morgan fingerprint density at radius 1 is 1.17 bits per heavy atom. The number of hydrogen-bond acceptors (Lipinski definition) is 2. The van der Waals surface area contributed by atoms with Crippen LogP contribution in [0, 0.1) is 0 Å². The summed E-state index contributed by atoms with van der Waals surface area (Å²) in [7, 11) is 1.69. The fraction of sp³-hybridized carbons (Fsp3) is 0.389. The van der Waals surface area contributed by atoms with Crippen molar-refractivity contribution in [3.63, 3.8) is 0 Å². The van der Waals surface area contributed by atoms with Gasteiger partial charge in [0.15, 0.2) is 5.96 Å². The van der Waals surface area contributed by atoms with Crippen LogP contribution in [0.3, 0.4) is 0 Å². The summed E-state index contributed by atoms with van der Waals surface area (Å²) in [6.07, 6.45) is 2.50. The highest BCUT2D eigenvalue weighted by Crippen LogP contribution is 2.22. The van der Waals surface area contributed by atoms with Crippen molar-refractivity contribution in [2.45, 2.75) is 32.4 Å². The van der Waals surface area contributed by atoms with Crippen LogP contribution in [-0.2, 0) is 6.54 Å². The van der Waals surface area contributed by atoms with Gasteiger partial charge in [-0.2, -0.15) is 0 Å². The third-order valence-corrected chi connectivity index (χ3v) is 3.79. The average molecular weight is 425 g/mol. The third kappa shape index (κ3) is 4.99. The highest BCUT2D eigenvalue weighted by atomic mass is 127. The zero-order valence-electron chi connectivity index (χ0n) is 13.6. The highest BCUT2D eigenvalue weighted by Gasteiger charge is 2.21. The van der Waals surface area contributed by atoms with Crippen molar-refractivity contribution in [3.8, 4) is 5.75 Å². The standard InChI is InChI=1S/C18H23N3O.HI/c1-3-19-18(21-16-7-8-16)20-12-13-4-5-15-11-17(22-2)9-6-14(15)10-13;/h4-6,9-11,16H,3,7-8,12H2,1-2H3,(H2,19,20,21);1H. The fourth-order valence-electron chi connectivity index (χ4n) is 2.41. The van der Waals surface area contributed by atoms with Gasteiger partial charge < -0.3 is 15.4 Å². The van der Waals surface area contributed by atoms with Crippen molar-refractivity contribution >= 4 is 40.7 Å². The van der Waals surface area contributed by atoms with Gasteiger partial charge in [0.1, 0.15) is 5.75 Å². The van der Waals surface area contributed by atoms with E-state index in [2.05, 4.69) is 52.9 Å². The maximum absolute atomic E-state index is 5.26. The minimum atomic E-state index is 0. The number of guanidine groups is 1. The number of fused-ring (bicyclic) bond motifs is 1. The van der Waals surface area contributed by atoms with Crippen molar-refractivity contribution in [1.29, 1.82) is 0 Å². The van der Waals surface area contributed by atoms with Crippen LogP contribution >= 0.6 is 24.0 Å². The Morgan fingerprint density at radius 3 is 2.61 bits per heavy atom. The van der Waals surface area contributed by atoms with E-state index in [4.69, 9.17) is 4.74 Å². The van der Waals surface area contributed by atoms with E-state index >= 15 is 0 Å². The van der Waals surface area contributed by atoms with E-state index < -0.39 is 0 Å². The summed E-state index contributed by atoms with van der Waals surface area (Å²) in [5.74, 6) is 1.81. The van der Waals surface area contributed by atoms with Crippen molar-refractivity contribution < 1.29 is 4.74 Å². The van der Waals surface area contributed by atoms with Crippen LogP contribution in [0.25, 0.3) is 10.8 Å². The molecule has 0 atom stereocenters. The third-order valence-electron chi connectivity index (χ3n) is 3.79. The normalized spacial score (nSPS) is 14.3. The summed E-state index contributed by atoms with van der Waals surface area (Å²) in [6.45, 7) is 3.66. The van der Waals surface area contributed by atoms with E-state index in [9.17, 15) is 0 Å². The first-order valence-electron chi connectivity index (χ1n) is 7.90. The van der Waals surface area contributed by atoms with Crippen LogP contribution in [-0.4, -0.2) is 25.7 Å². The van der Waals surface area contributed by atoms with Crippen LogP contribution in [0.4, 0.5) is 0 Å². The first-order valence-corrected chi connectivity index (χ1v) is 7.90. The quantitative estimate of drug-likeness (QED) is 0.437. The topological polar surface area (TPSA) is 45.7 Å². The van der Waals surface area contributed by atoms with Gasteiger partial charge in [-0.25, -0.2) is 4.99 Å². The van der Waals surface area contributed by atoms with Gasteiger partial charge in [-0.1, -0.05) is 18.2 Å². The summed E-state index contributed by atoms with van der Waals surface area (Å²) >= 11 is 0. The second-order valence-electron chi connectivity index (χ2n) is 5.66. The second kappa shape index (κ2) is 8.38. The number of nitrogens with zero attached hydrogens (tertiary/aromatic N) is 1. The number of rotatable bonds is 5. The summed E-state index contributed by atoms with van der Waals surface area (Å²) < 4.78 is 5.26. The average Bonchev–Trinajstić information content (AvgIpc) is 3.36. The summed E-state index contributed by atoms with van der Waals surface area (Å²) in [4.78, 5) is 4.67. The zero-order valence-corrected chi connectivity index (χ0v) is 16.0. The largest absolute Gasteiger partial charge is 0.497 e. The highest BCUT2D eigenvalue weighted by molar-refractivity contribution is 14.0. The molecule has 23 heavy (non-hydrogen) atoms. The van der Waals surface area contributed by atoms with Gasteiger partial charge >= 0.3 is 0 Å². The number of hydrogen-bond donors (Lipinski definition) is 2. The van der Waals surface area contributed by atoms with E-state index in [1.54, 1.807) is 7.11 Å². The fourth-order valence-corrected chi connectivity index (χ4v) is 2.41. The monoisotopic (exact) mass is 425 g/mol. The molecule has 2 aromatic carbocycles. The molecule has 4 nitrogen and oxygen atoms in total. The van der Waals surface area contributed by atoms with E-state index in [1.165, 1.54) is 29.2 Å². The molecule has 0 saturated heterocycles. The molecule has 0 aliphatic heterocycles. The summed E-state index contributed by atoms with van der Waals surface area (Å²) in [5.41, 5.74) is 1.21. The SMILES string of the molecule is CCNC(=NCc1ccc2cc(OC)ccc2c1)NC1CC1.I. The molecular formula is C18H24IN3O. The van der Waals surface area contributed by atoms with Gasteiger partial charge in [-0.3, -0.25) is 0 Å². The van der Waals surface area contributed by atoms with Crippen molar-refractivity contribution in [2.75, 3.05) is 13.7 Å². The number of nitrogens with one attached hydrogen (secondary N) is 2. The Morgan fingerprint density at radius 2 is 1.91 bits per heavy atom. The van der Waals surface area contributed by atoms with Crippen LogP contribution in [0.1, 0.15) is 25.3 Å². The van der Waals surface area contributed by atoms with Crippen molar-refractivity contribution in [1.82, 2.24) is 10.6 Å². The van der Waals surface area contributed by atoms with Gasteiger partial charge in [-0.15, -0.1) is 24.0 Å². The lowest BCUT2D eigenvalue weighted by Gasteiger charge is -2.10. The van der Waals surface area contributed by atoms with Crippen LogP contribution in [0.15, 0.2) is 41.4 Å². The van der Waals surface area contributed by atoms with E-state index in [0.29, 0.717) is 12.6 Å². The van der Waals surface area contributed by atoms with Crippen molar-refractivity contribution in [3.05, 3.63) is 42.0 Å². The molecule has 1 saturated carbocycles. The Bertz CT molecular complexity index is 683. The van der Waals surface area contributed by atoms with Gasteiger partial charge in [0.05, 0.1) is 13.7 Å². The molecule has 0 aromatic heterocycles. The molecule has 0 bridgehead atoms. The van der Waals surface area contributed by atoms with Gasteiger partial charge in [-0.05, 0) is 54.3 Å².